The molecule has 1 aliphatic rings. The van der Waals surface area contributed by atoms with Crippen LogP contribution in [0.3, 0.4) is 0 Å². The third-order valence-corrected chi connectivity index (χ3v) is 3.70. The molecule has 0 radical (unpaired) electrons. The van der Waals surface area contributed by atoms with Crippen LogP contribution in [-0.2, 0) is 18.0 Å². The molecule has 2 heteroatoms. The Morgan fingerprint density at radius 3 is 2.58 bits per heavy atom. The fourth-order valence-electron chi connectivity index (χ4n) is 2.47. The topological polar surface area (TPSA) is 26.3 Å². The van der Waals surface area contributed by atoms with Gasteiger partial charge in [-0.3, -0.25) is 4.79 Å². The Balaban J connectivity index is 1.88. The van der Waals surface area contributed by atoms with Crippen molar-refractivity contribution in [2.45, 2.75) is 26.1 Å². The van der Waals surface area contributed by atoms with Crippen molar-refractivity contribution in [3.63, 3.8) is 0 Å². The first kappa shape index (κ1) is 12.1. The number of hydrogen-bond acceptors (Lipinski definition) is 2. The lowest BCUT2D eigenvalue weighted by molar-refractivity contribution is 0.0966. The van der Waals surface area contributed by atoms with E-state index in [-0.39, 0.29) is 11.7 Å². The molecular weight excluding hydrogens is 236 g/mol. The van der Waals surface area contributed by atoms with Gasteiger partial charge in [-0.25, -0.2) is 0 Å². The van der Waals surface area contributed by atoms with E-state index in [1.807, 2.05) is 55.5 Å². The first-order valence-corrected chi connectivity index (χ1v) is 6.54. The molecule has 1 unspecified atom stereocenters. The van der Waals surface area contributed by atoms with Crippen molar-refractivity contribution in [3.8, 4) is 0 Å². The molecule has 2 aromatic carbocycles. The van der Waals surface area contributed by atoms with Gasteiger partial charge in [0, 0.05) is 11.5 Å². The molecule has 0 amide bonds. The first-order valence-electron chi connectivity index (χ1n) is 6.54. The van der Waals surface area contributed by atoms with Crippen LogP contribution in [0.5, 0.6) is 0 Å². The maximum absolute atomic E-state index is 12.5. The second-order valence-corrected chi connectivity index (χ2v) is 4.97. The average molecular weight is 252 g/mol. The molecule has 1 aliphatic heterocycles. The predicted octanol–water partition coefficient (Wildman–Crippen LogP) is 3.70. The molecule has 3 rings (SSSR count). The highest BCUT2D eigenvalue weighted by Crippen LogP contribution is 2.25. The highest BCUT2D eigenvalue weighted by Gasteiger charge is 2.19. The fourth-order valence-corrected chi connectivity index (χ4v) is 2.47. The molecule has 2 nitrogen and oxygen atoms in total. The van der Waals surface area contributed by atoms with Crippen molar-refractivity contribution in [1.82, 2.24) is 0 Å². The molecule has 96 valence electrons. The van der Waals surface area contributed by atoms with Gasteiger partial charge in [0.15, 0.2) is 5.78 Å². The van der Waals surface area contributed by atoms with Gasteiger partial charge in [-0.15, -0.1) is 0 Å². The van der Waals surface area contributed by atoms with Crippen molar-refractivity contribution < 1.29 is 9.53 Å². The number of carbonyl (C=O) groups is 1. The summed E-state index contributed by atoms with van der Waals surface area (Å²) in [7, 11) is 0. The summed E-state index contributed by atoms with van der Waals surface area (Å²) in [6.07, 6.45) is 0. The summed E-state index contributed by atoms with van der Waals surface area (Å²) in [6, 6.07) is 15.8. The van der Waals surface area contributed by atoms with Crippen molar-refractivity contribution in [2.75, 3.05) is 0 Å². The van der Waals surface area contributed by atoms with E-state index in [1.54, 1.807) is 0 Å². The third-order valence-electron chi connectivity index (χ3n) is 3.70. The molecule has 1 heterocycles. The van der Waals surface area contributed by atoms with Crippen LogP contribution in [0.1, 0.15) is 39.9 Å². The Hall–Kier alpha value is -1.93. The van der Waals surface area contributed by atoms with Gasteiger partial charge in [-0.05, 0) is 22.8 Å². The summed E-state index contributed by atoms with van der Waals surface area (Å²) in [5, 5.41) is 0. The Morgan fingerprint density at radius 2 is 1.79 bits per heavy atom. The average Bonchev–Trinajstić information content (AvgIpc) is 2.94. The van der Waals surface area contributed by atoms with Crippen LogP contribution in [0, 0.1) is 0 Å². The zero-order chi connectivity index (χ0) is 13.2. The van der Waals surface area contributed by atoms with E-state index < -0.39 is 0 Å². The van der Waals surface area contributed by atoms with Crippen LogP contribution in [0.25, 0.3) is 0 Å². The summed E-state index contributed by atoms with van der Waals surface area (Å²) >= 11 is 0. The highest BCUT2D eigenvalue weighted by molar-refractivity contribution is 6.00. The van der Waals surface area contributed by atoms with E-state index in [2.05, 4.69) is 0 Å². The summed E-state index contributed by atoms with van der Waals surface area (Å²) in [4.78, 5) is 12.5. The molecule has 0 bridgehead atoms. The molecule has 0 aliphatic carbocycles. The largest absolute Gasteiger partial charge is 0.372 e. The summed E-state index contributed by atoms with van der Waals surface area (Å²) in [5.74, 6) is 0.0578. The molecule has 0 spiro atoms. The maximum Gasteiger partial charge on any atom is 0.170 e. The number of Topliss-reactive ketones (excluding diaryl/α,β-unsaturated/α-hetero) is 1. The van der Waals surface area contributed by atoms with Crippen molar-refractivity contribution in [3.05, 3.63) is 70.8 Å². The monoisotopic (exact) mass is 252 g/mol. The zero-order valence-corrected chi connectivity index (χ0v) is 10.9. The Morgan fingerprint density at radius 1 is 1.05 bits per heavy atom. The van der Waals surface area contributed by atoms with Gasteiger partial charge in [-0.1, -0.05) is 49.4 Å². The summed E-state index contributed by atoms with van der Waals surface area (Å²) in [5.41, 5.74) is 4.18. The van der Waals surface area contributed by atoms with Crippen LogP contribution in [0.4, 0.5) is 0 Å². The van der Waals surface area contributed by atoms with Gasteiger partial charge < -0.3 is 4.74 Å². The molecular formula is C17H16O2. The minimum Gasteiger partial charge on any atom is -0.372 e. The lowest BCUT2D eigenvalue weighted by Gasteiger charge is -2.11. The van der Waals surface area contributed by atoms with Crippen molar-refractivity contribution in [2.24, 2.45) is 0 Å². The minimum absolute atomic E-state index is 0.110. The van der Waals surface area contributed by atoms with Crippen LogP contribution in [0.15, 0.2) is 48.5 Å². The molecule has 19 heavy (non-hydrogen) atoms. The third kappa shape index (κ3) is 2.32. The number of rotatable bonds is 3. The Kier molecular flexibility index (Phi) is 3.18. The van der Waals surface area contributed by atoms with Gasteiger partial charge in [0.05, 0.1) is 13.2 Å². The van der Waals surface area contributed by atoms with Crippen LogP contribution in [-0.4, -0.2) is 5.78 Å². The minimum atomic E-state index is -0.110. The van der Waals surface area contributed by atoms with E-state index in [0.717, 1.165) is 16.7 Å². The molecule has 1 atom stereocenters. The standard InChI is InChI=1S/C17H16O2/c1-12(13-5-3-2-4-6-13)17(18)14-7-8-15-10-19-11-16(15)9-14/h2-9,12H,10-11H2,1H3. The summed E-state index contributed by atoms with van der Waals surface area (Å²) < 4.78 is 5.38. The number of hydrogen-bond donors (Lipinski definition) is 0. The van der Waals surface area contributed by atoms with Crippen LogP contribution in [0.2, 0.25) is 0 Å². The van der Waals surface area contributed by atoms with E-state index >= 15 is 0 Å². The second-order valence-electron chi connectivity index (χ2n) is 4.97. The van der Waals surface area contributed by atoms with E-state index in [9.17, 15) is 4.79 Å². The molecule has 0 saturated heterocycles. The number of benzene rings is 2. The van der Waals surface area contributed by atoms with E-state index in [0.29, 0.717) is 13.2 Å². The first-order chi connectivity index (χ1) is 9.25. The fraction of sp³-hybridized carbons (Fsp3) is 0.235. The van der Waals surface area contributed by atoms with Crippen molar-refractivity contribution in [1.29, 1.82) is 0 Å². The number of carbonyl (C=O) groups excluding carboxylic acids is 1. The lowest BCUT2D eigenvalue weighted by atomic mass is 9.91. The zero-order valence-electron chi connectivity index (χ0n) is 10.9. The molecule has 0 fully saturated rings. The highest BCUT2D eigenvalue weighted by atomic mass is 16.5. The normalized spacial score (nSPS) is 15.0. The molecule has 0 saturated carbocycles. The maximum atomic E-state index is 12.5. The Bertz CT molecular complexity index is 602. The second kappa shape index (κ2) is 4.98. The van der Waals surface area contributed by atoms with E-state index in [4.69, 9.17) is 4.74 Å². The quantitative estimate of drug-likeness (QED) is 0.778. The van der Waals surface area contributed by atoms with Crippen LogP contribution < -0.4 is 0 Å². The predicted molar refractivity (Wildman–Crippen MR) is 74.1 cm³/mol. The molecule has 0 aromatic heterocycles. The Labute approximate surface area is 113 Å². The smallest absolute Gasteiger partial charge is 0.170 e. The van der Waals surface area contributed by atoms with Crippen molar-refractivity contribution >= 4 is 5.78 Å². The number of ether oxygens (including phenoxy) is 1. The van der Waals surface area contributed by atoms with Gasteiger partial charge in [0.1, 0.15) is 0 Å². The van der Waals surface area contributed by atoms with E-state index in [1.165, 1.54) is 5.56 Å². The van der Waals surface area contributed by atoms with Gasteiger partial charge in [0.25, 0.3) is 0 Å². The number of ketones is 1. The lowest BCUT2D eigenvalue weighted by Crippen LogP contribution is -2.10. The van der Waals surface area contributed by atoms with Crippen LogP contribution >= 0.6 is 0 Å². The van der Waals surface area contributed by atoms with Gasteiger partial charge >= 0.3 is 0 Å². The molecule has 2 aromatic rings. The SMILES string of the molecule is CC(C(=O)c1ccc2c(c1)COC2)c1ccccc1. The number of fused-ring (bicyclic) bond motifs is 1. The summed E-state index contributed by atoms with van der Waals surface area (Å²) in [6.45, 7) is 3.25. The van der Waals surface area contributed by atoms with Gasteiger partial charge in [-0.2, -0.15) is 0 Å². The van der Waals surface area contributed by atoms with Gasteiger partial charge in [0.2, 0.25) is 0 Å². The molecule has 0 N–H and O–H groups in total.